The van der Waals surface area contributed by atoms with Gasteiger partial charge in [0.1, 0.15) is 0 Å². The van der Waals surface area contributed by atoms with Gasteiger partial charge in [0.25, 0.3) is 0 Å². The van der Waals surface area contributed by atoms with Gasteiger partial charge in [-0.3, -0.25) is 0 Å². The molecule has 0 spiro atoms. The van der Waals surface area contributed by atoms with Crippen LogP contribution in [-0.2, 0) is 14.3 Å². The number of nitrogens with zero attached hydrogens (tertiary/aromatic N) is 1. The minimum absolute atomic E-state index is 0.272. The Morgan fingerprint density at radius 2 is 1.86 bits per heavy atom. The van der Waals surface area contributed by atoms with Gasteiger partial charge in [-0.15, -0.1) is 0 Å². The zero-order valence-corrected chi connectivity index (χ0v) is 10.3. The molecule has 0 aromatic carbocycles. The number of hydrogen-bond donors (Lipinski definition) is 0. The van der Waals surface area contributed by atoms with Gasteiger partial charge >= 0.3 is 0 Å². The van der Waals surface area contributed by atoms with Crippen LogP contribution in [0, 0.1) is 0 Å². The molecule has 0 amide bonds. The monoisotopic (exact) mass is 217 g/mol. The molecule has 4 nitrogen and oxygen atoms in total. The number of carbonyl (C=O) groups excluding carboxylic acids is 1. The van der Waals surface area contributed by atoms with Gasteiger partial charge in [-0.25, -0.2) is 9.45 Å². The summed E-state index contributed by atoms with van der Waals surface area (Å²) in [7, 11) is -1.63. The van der Waals surface area contributed by atoms with Gasteiger partial charge in [0.05, 0.1) is 0 Å². The lowest BCUT2D eigenvalue weighted by Crippen LogP contribution is -2.34. The van der Waals surface area contributed by atoms with Crippen LogP contribution in [0.3, 0.4) is 0 Å². The van der Waals surface area contributed by atoms with E-state index < -0.39 is 8.96 Å². The van der Waals surface area contributed by atoms with Crippen molar-refractivity contribution in [1.82, 2.24) is 0 Å². The number of isocyanates is 1. The van der Waals surface area contributed by atoms with Gasteiger partial charge in [-0.1, -0.05) is 13.3 Å². The summed E-state index contributed by atoms with van der Waals surface area (Å²) >= 11 is 0. The number of rotatable bonds is 8. The summed E-state index contributed by atoms with van der Waals surface area (Å²) in [6.45, 7) is 7.07. The van der Waals surface area contributed by atoms with Gasteiger partial charge in [-0.05, 0) is 19.9 Å². The Bertz CT molecular complexity index is 177. The lowest BCUT2D eigenvalue weighted by atomic mass is 10.6. The van der Waals surface area contributed by atoms with Crippen molar-refractivity contribution in [3.8, 4) is 0 Å². The van der Waals surface area contributed by atoms with E-state index in [0.717, 1.165) is 12.5 Å². The van der Waals surface area contributed by atoms with Crippen LogP contribution in [0.4, 0.5) is 0 Å². The van der Waals surface area contributed by atoms with E-state index in [2.05, 4.69) is 11.6 Å². The maximum Gasteiger partial charge on any atom is 0.244 e. The summed E-state index contributed by atoms with van der Waals surface area (Å²) in [6, 6.07) is 0.917. The van der Waals surface area contributed by atoms with Crippen molar-refractivity contribution < 1.29 is 14.3 Å². The molecule has 0 fully saturated rings. The topological polar surface area (TPSA) is 47.9 Å². The molecule has 0 heterocycles. The zero-order valence-electron chi connectivity index (χ0n) is 9.16. The minimum atomic E-state index is -1.63. The third kappa shape index (κ3) is 5.29. The summed E-state index contributed by atoms with van der Waals surface area (Å²) in [5.41, 5.74) is 0. The van der Waals surface area contributed by atoms with E-state index in [1.807, 2.05) is 13.8 Å². The second-order valence-corrected chi connectivity index (χ2v) is 5.37. The number of ether oxygens (including phenoxy) is 2. The first kappa shape index (κ1) is 13.5. The number of hydrogen-bond acceptors (Lipinski definition) is 4. The molecule has 5 heteroatoms. The Morgan fingerprint density at radius 1 is 1.29 bits per heavy atom. The van der Waals surface area contributed by atoms with Crippen LogP contribution >= 0.6 is 0 Å². The van der Waals surface area contributed by atoms with Crippen molar-refractivity contribution in [3.63, 3.8) is 0 Å². The fraction of sp³-hybridized carbons (Fsp3) is 0.889. The quantitative estimate of drug-likeness (QED) is 0.267. The summed E-state index contributed by atoms with van der Waals surface area (Å²) in [4.78, 5) is 10.2. The fourth-order valence-corrected chi connectivity index (χ4v) is 3.30. The highest BCUT2D eigenvalue weighted by molar-refractivity contribution is 6.58. The molecule has 0 N–H and O–H groups in total. The van der Waals surface area contributed by atoms with Crippen LogP contribution in [0.5, 0.6) is 0 Å². The van der Waals surface area contributed by atoms with Crippen molar-refractivity contribution in [2.75, 3.05) is 13.2 Å². The molecule has 0 aromatic rings. The maximum absolute atomic E-state index is 10.2. The predicted octanol–water partition coefficient (Wildman–Crippen LogP) is 1.39. The fourth-order valence-electron chi connectivity index (χ4n) is 1.22. The van der Waals surface area contributed by atoms with Crippen molar-refractivity contribution >= 4 is 15.0 Å². The smallest absolute Gasteiger partial charge is 0.244 e. The molecule has 0 aliphatic rings. The molecule has 0 aliphatic heterocycles. The molecule has 1 unspecified atom stereocenters. The van der Waals surface area contributed by atoms with Crippen molar-refractivity contribution in [2.45, 2.75) is 39.1 Å². The van der Waals surface area contributed by atoms with Crippen molar-refractivity contribution in [1.29, 1.82) is 0 Å². The van der Waals surface area contributed by atoms with Crippen LogP contribution in [0.2, 0.25) is 6.04 Å². The summed E-state index contributed by atoms with van der Waals surface area (Å²) in [5.74, 6) is -0.272. The van der Waals surface area contributed by atoms with Crippen LogP contribution in [-0.4, -0.2) is 34.2 Å². The predicted molar refractivity (Wildman–Crippen MR) is 57.4 cm³/mol. The molecule has 1 atom stereocenters. The van der Waals surface area contributed by atoms with E-state index in [0.29, 0.717) is 13.2 Å². The summed E-state index contributed by atoms with van der Waals surface area (Å²) in [6.07, 6.45) is 2.63. The third-order valence-electron chi connectivity index (χ3n) is 1.78. The second kappa shape index (κ2) is 9.09. The van der Waals surface area contributed by atoms with E-state index in [1.165, 1.54) is 0 Å². The Balaban J connectivity index is 4.27. The Morgan fingerprint density at radius 3 is 2.21 bits per heavy atom. The Kier molecular flexibility index (Phi) is 8.77. The molecule has 82 valence electrons. The van der Waals surface area contributed by atoms with Gasteiger partial charge < -0.3 is 9.47 Å². The highest BCUT2D eigenvalue weighted by Gasteiger charge is 2.23. The SMILES string of the molecule is CCC[SiH](N=C=O)C(OCC)OCC. The average Bonchev–Trinajstić information content (AvgIpc) is 2.17. The third-order valence-corrected chi connectivity index (χ3v) is 4.40. The molecule has 0 saturated carbocycles. The lowest BCUT2D eigenvalue weighted by molar-refractivity contribution is -0.0857. The van der Waals surface area contributed by atoms with Crippen molar-refractivity contribution in [3.05, 3.63) is 0 Å². The van der Waals surface area contributed by atoms with Gasteiger partial charge in [0.2, 0.25) is 15.0 Å². The van der Waals surface area contributed by atoms with Crippen LogP contribution in [0.1, 0.15) is 27.2 Å². The summed E-state index contributed by atoms with van der Waals surface area (Å²) in [5, 5.41) is 0. The first-order valence-corrected chi connectivity index (χ1v) is 7.10. The van der Waals surface area contributed by atoms with Crippen molar-refractivity contribution in [2.24, 2.45) is 4.66 Å². The van der Waals surface area contributed by atoms with Crippen LogP contribution < -0.4 is 0 Å². The van der Waals surface area contributed by atoms with Gasteiger partial charge in [0.15, 0.2) is 5.91 Å². The molecule has 0 bridgehead atoms. The van der Waals surface area contributed by atoms with E-state index in [9.17, 15) is 4.79 Å². The maximum atomic E-state index is 10.2. The zero-order chi connectivity index (χ0) is 10.8. The molecule has 0 aliphatic carbocycles. The average molecular weight is 217 g/mol. The standard InChI is InChI=1S/C9H19NO3Si/c1-4-7-14(10-8-11)9(12-5-2)13-6-3/h9,14H,4-7H2,1-3H3. The highest BCUT2D eigenvalue weighted by Crippen LogP contribution is 2.08. The Labute approximate surface area is 87.0 Å². The van der Waals surface area contributed by atoms with E-state index in [1.54, 1.807) is 6.08 Å². The van der Waals surface area contributed by atoms with Crippen LogP contribution in [0.25, 0.3) is 0 Å². The minimum Gasteiger partial charge on any atom is -0.355 e. The molecular formula is C9H19NO3Si. The molecular weight excluding hydrogens is 198 g/mol. The van der Waals surface area contributed by atoms with E-state index >= 15 is 0 Å². The van der Waals surface area contributed by atoms with Gasteiger partial charge in [-0.2, -0.15) is 0 Å². The summed E-state index contributed by atoms with van der Waals surface area (Å²) < 4.78 is 14.7. The second-order valence-electron chi connectivity index (χ2n) is 2.86. The van der Waals surface area contributed by atoms with Crippen LogP contribution in [0.15, 0.2) is 4.66 Å². The van der Waals surface area contributed by atoms with Gasteiger partial charge in [0, 0.05) is 13.2 Å². The lowest BCUT2D eigenvalue weighted by Gasteiger charge is -2.20. The molecule has 0 radical (unpaired) electrons. The first-order valence-electron chi connectivity index (χ1n) is 5.10. The Hall–Kier alpha value is -0.483. The normalized spacial score (nSPS) is 12.6. The molecule has 0 rings (SSSR count). The molecule has 0 saturated heterocycles. The van der Waals surface area contributed by atoms with E-state index in [4.69, 9.17) is 9.47 Å². The molecule has 0 aromatic heterocycles. The van der Waals surface area contributed by atoms with E-state index in [-0.39, 0.29) is 5.91 Å². The molecule has 14 heavy (non-hydrogen) atoms. The first-order chi connectivity index (χ1) is 6.79. The largest absolute Gasteiger partial charge is 0.355 e. The highest BCUT2D eigenvalue weighted by atomic mass is 28.3.